The average molecular weight is 182 g/mol. The maximum absolute atomic E-state index is 2.47. The maximum atomic E-state index is 2.47. The van der Waals surface area contributed by atoms with Crippen molar-refractivity contribution in [2.24, 2.45) is 16.7 Å². The first-order chi connectivity index (χ1) is 5.92. The Labute approximate surface area is 84.1 Å². The molecule has 0 aliphatic heterocycles. The summed E-state index contributed by atoms with van der Waals surface area (Å²) >= 11 is 0. The molecule has 0 aromatic heterocycles. The van der Waals surface area contributed by atoms with Crippen LogP contribution in [-0.4, -0.2) is 0 Å². The fraction of sp³-hybridized carbons (Fsp3) is 1.00. The standard InChI is InChI=1S/C13H26/c1-6-7-8-11-9-10-12(2,3)13(11,4)5/h11H,6-10H2,1-5H3. The van der Waals surface area contributed by atoms with Gasteiger partial charge in [-0.25, -0.2) is 0 Å². The molecule has 0 heteroatoms. The average Bonchev–Trinajstić information content (AvgIpc) is 2.21. The molecule has 0 aromatic carbocycles. The third-order valence-electron chi connectivity index (χ3n) is 4.79. The summed E-state index contributed by atoms with van der Waals surface area (Å²) in [6, 6.07) is 0. The fourth-order valence-corrected chi connectivity index (χ4v) is 2.73. The minimum absolute atomic E-state index is 0.558. The van der Waals surface area contributed by atoms with Gasteiger partial charge in [0.25, 0.3) is 0 Å². The van der Waals surface area contributed by atoms with Gasteiger partial charge in [-0.1, -0.05) is 47.5 Å². The Hall–Kier alpha value is 0. The van der Waals surface area contributed by atoms with E-state index < -0.39 is 0 Å². The first kappa shape index (κ1) is 11.1. The molecule has 0 spiro atoms. The van der Waals surface area contributed by atoms with E-state index in [4.69, 9.17) is 0 Å². The Balaban J connectivity index is 2.60. The topological polar surface area (TPSA) is 0 Å². The largest absolute Gasteiger partial charge is 0.0654 e. The molecule has 1 saturated carbocycles. The molecule has 0 nitrogen and oxygen atoms in total. The molecular formula is C13H26. The molecule has 78 valence electrons. The number of unbranched alkanes of at least 4 members (excludes halogenated alkanes) is 1. The van der Waals surface area contributed by atoms with Crippen molar-refractivity contribution >= 4 is 0 Å². The molecular weight excluding hydrogens is 156 g/mol. The Morgan fingerprint density at radius 2 is 1.77 bits per heavy atom. The molecule has 0 aromatic rings. The molecule has 1 unspecified atom stereocenters. The van der Waals surface area contributed by atoms with Crippen molar-refractivity contribution in [1.82, 2.24) is 0 Å². The van der Waals surface area contributed by atoms with E-state index >= 15 is 0 Å². The van der Waals surface area contributed by atoms with Crippen LogP contribution in [0.15, 0.2) is 0 Å². The van der Waals surface area contributed by atoms with Gasteiger partial charge in [-0.15, -0.1) is 0 Å². The van der Waals surface area contributed by atoms with Gasteiger partial charge < -0.3 is 0 Å². The van der Waals surface area contributed by atoms with E-state index in [0.717, 1.165) is 5.92 Å². The van der Waals surface area contributed by atoms with Crippen LogP contribution in [-0.2, 0) is 0 Å². The quantitative estimate of drug-likeness (QED) is 0.596. The summed E-state index contributed by atoms with van der Waals surface area (Å²) in [6.07, 6.45) is 7.11. The minimum Gasteiger partial charge on any atom is -0.0654 e. The predicted octanol–water partition coefficient (Wildman–Crippen LogP) is 4.64. The molecule has 1 aliphatic carbocycles. The summed E-state index contributed by atoms with van der Waals surface area (Å²) in [6.45, 7) is 12.1. The van der Waals surface area contributed by atoms with Gasteiger partial charge in [0.2, 0.25) is 0 Å². The number of rotatable bonds is 3. The van der Waals surface area contributed by atoms with Crippen molar-refractivity contribution < 1.29 is 0 Å². The van der Waals surface area contributed by atoms with Gasteiger partial charge >= 0.3 is 0 Å². The van der Waals surface area contributed by atoms with E-state index in [9.17, 15) is 0 Å². The minimum atomic E-state index is 0.558. The van der Waals surface area contributed by atoms with Crippen LogP contribution < -0.4 is 0 Å². The van der Waals surface area contributed by atoms with E-state index in [-0.39, 0.29) is 0 Å². The Bertz CT molecular complexity index is 165. The Kier molecular flexibility index (Phi) is 3.09. The van der Waals surface area contributed by atoms with Crippen LogP contribution in [0.1, 0.15) is 66.7 Å². The van der Waals surface area contributed by atoms with Crippen LogP contribution in [0, 0.1) is 16.7 Å². The van der Waals surface area contributed by atoms with Crippen molar-refractivity contribution in [3.63, 3.8) is 0 Å². The fourth-order valence-electron chi connectivity index (χ4n) is 2.73. The smallest absolute Gasteiger partial charge is 0.0275 e. The number of hydrogen-bond donors (Lipinski definition) is 0. The van der Waals surface area contributed by atoms with E-state index in [1.54, 1.807) is 0 Å². The van der Waals surface area contributed by atoms with Gasteiger partial charge in [0.15, 0.2) is 0 Å². The van der Waals surface area contributed by atoms with Crippen LogP contribution in [0.25, 0.3) is 0 Å². The van der Waals surface area contributed by atoms with Gasteiger partial charge in [-0.2, -0.15) is 0 Å². The van der Waals surface area contributed by atoms with Crippen LogP contribution in [0.5, 0.6) is 0 Å². The molecule has 0 amide bonds. The highest BCUT2D eigenvalue weighted by atomic mass is 14.5. The van der Waals surface area contributed by atoms with Gasteiger partial charge in [0.1, 0.15) is 0 Å². The van der Waals surface area contributed by atoms with Crippen molar-refractivity contribution in [3.8, 4) is 0 Å². The van der Waals surface area contributed by atoms with Crippen molar-refractivity contribution in [3.05, 3.63) is 0 Å². The summed E-state index contributed by atoms with van der Waals surface area (Å²) in [5.74, 6) is 0.974. The highest BCUT2D eigenvalue weighted by Gasteiger charge is 2.47. The highest BCUT2D eigenvalue weighted by molar-refractivity contribution is 4.97. The maximum Gasteiger partial charge on any atom is -0.0275 e. The van der Waals surface area contributed by atoms with Gasteiger partial charge in [0, 0.05) is 0 Å². The van der Waals surface area contributed by atoms with Crippen LogP contribution >= 0.6 is 0 Å². The molecule has 1 atom stereocenters. The Morgan fingerprint density at radius 1 is 1.15 bits per heavy atom. The van der Waals surface area contributed by atoms with Crippen LogP contribution in [0.4, 0.5) is 0 Å². The molecule has 0 N–H and O–H groups in total. The third-order valence-corrected chi connectivity index (χ3v) is 4.79. The zero-order chi connectivity index (χ0) is 10.1. The second-order valence-electron chi connectivity index (χ2n) is 5.98. The molecule has 0 radical (unpaired) electrons. The normalized spacial score (nSPS) is 30.7. The highest BCUT2D eigenvalue weighted by Crippen LogP contribution is 2.56. The first-order valence-corrected chi connectivity index (χ1v) is 5.92. The zero-order valence-corrected chi connectivity index (χ0v) is 10.1. The lowest BCUT2D eigenvalue weighted by atomic mass is 9.66. The van der Waals surface area contributed by atoms with E-state index in [0.29, 0.717) is 10.8 Å². The van der Waals surface area contributed by atoms with Crippen LogP contribution in [0.3, 0.4) is 0 Å². The van der Waals surface area contributed by atoms with Crippen molar-refractivity contribution in [1.29, 1.82) is 0 Å². The summed E-state index contributed by atoms with van der Waals surface area (Å²) in [5.41, 5.74) is 1.12. The molecule has 0 bridgehead atoms. The molecule has 1 aliphatic rings. The molecule has 0 heterocycles. The van der Waals surface area contributed by atoms with E-state index in [1.807, 2.05) is 0 Å². The van der Waals surface area contributed by atoms with E-state index in [1.165, 1.54) is 32.1 Å². The molecule has 1 rings (SSSR count). The summed E-state index contributed by atoms with van der Waals surface area (Å²) in [5, 5.41) is 0. The second kappa shape index (κ2) is 3.63. The van der Waals surface area contributed by atoms with Gasteiger partial charge in [-0.05, 0) is 36.0 Å². The summed E-state index contributed by atoms with van der Waals surface area (Å²) in [4.78, 5) is 0. The van der Waals surface area contributed by atoms with E-state index in [2.05, 4.69) is 34.6 Å². The second-order valence-corrected chi connectivity index (χ2v) is 5.98. The monoisotopic (exact) mass is 182 g/mol. The van der Waals surface area contributed by atoms with Crippen molar-refractivity contribution in [2.45, 2.75) is 66.7 Å². The lowest BCUT2D eigenvalue weighted by Crippen LogP contribution is -2.31. The molecule has 1 fully saturated rings. The lowest BCUT2D eigenvalue weighted by Gasteiger charge is -2.39. The molecule has 0 saturated heterocycles. The third kappa shape index (κ3) is 1.92. The predicted molar refractivity (Wildman–Crippen MR) is 59.8 cm³/mol. The van der Waals surface area contributed by atoms with Crippen LogP contribution in [0.2, 0.25) is 0 Å². The summed E-state index contributed by atoms with van der Waals surface area (Å²) < 4.78 is 0. The summed E-state index contributed by atoms with van der Waals surface area (Å²) in [7, 11) is 0. The van der Waals surface area contributed by atoms with Crippen molar-refractivity contribution in [2.75, 3.05) is 0 Å². The SMILES string of the molecule is CCCCC1CCC(C)(C)C1(C)C. The first-order valence-electron chi connectivity index (χ1n) is 5.92. The van der Waals surface area contributed by atoms with Gasteiger partial charge in [-0.3, -0.25) is 0 Å². The zero-order valence-electron chi connectivity index (χ0n) is 10.1. The Morgan fingerprint density at radius 3 is 2.15 bits per heavy atom. The number of hydrogen-bond acceptors (Lipinski definition) is 0. The lowest BCUT2D eigenvalue weighted by molar-refractivity contribution is 0.101. The molecule has 13 heavy (non-hydrogen) atoms. The van der Waals surface area contributed by atoms with Gasteiger partial charge in [0.05, 0.1) is 0 Å².